The summed E-state index contributed by atoms with van der Waals surface area (Å²) in [5, 5.41) is 6.81. The van der Waals surface area contributed by atoms with Gasteiger partial charge in [-0.3, -0.25) is 4.79 Å². The van der Waals surface area contributed by atoms with E-state index in [0.717, 1.165) is 12.0 Å². The zero-order chi connectivity index (χ0) is 21.2. The molecule has 0 saturated carbocycles. The molecule has 6 nitrogen and oxygen atoms in total. The summed E-state index contributed by atoms with van der Waals surface area (Å²) in [7, 11) is 1.59. The summed E-state index contributed by atoms with van der Waals surface area (Å²) in [4.78, 5) is 11.3. The van der Waals surface area contributed by atoms with Crippen molar-refractivity contribution in [2.75, 3.05) is 20.2 Å². The van der Waals surface area contributed by atoms with Gasteiger partial charge in [-0.1, -0.05) is 35.9 Å². The van der Waals surface area contributed by atoms with E-state index in [-0.39, 0.29) is 61.1 Å². The maximum Gasteiger partial charge on any atom is 0.257 e. The van der Waals surface area contributed by atoms with Crippen LogP contribution >= 0.6 is 36.4 Å². The molecule has 2 atom stereocenters. The molecular weight excluding hydrogens is 475 g/mol. The van der Waals surface area contributed by atoms with Gasteiger partial charge in [-0.05, 0) is 62.6 Å². The molecular formula is C23H35Cl3N2O4. The van der Waals surface area contributed by atoms with Crippen molar-refractivity contribution in [1.29, 1.82) is 0 Å². The lowest BCUT2D eigenvalue weighted by Crippen LogP contribution is -2.33. The molecule has 2 aromatic carbocycles. The fraction of sp³-hybridized carbons (Fsp3) is 0.435. The summed E-state index contributed by atoms with van der Waals surface area (Å²) < 4.78 is 11.5. The van der Waals surface area contributed by atoms with Crippen molar-refractivity contribution >= 4 is 42.3 Å². The average molecular weight is 510 g/mol. The van der Waals surface area contributed by atoms with E-state index in [1.165, 1.54) is 5.56 Å². The Labute approximate surface area is 208 Å². The van der Waals surface area contributed by atoms with E-state index >= 15 is 0 Å². The summed E-state index contributed by atoms with van der Waals surface area (Å²) in [6, 6.07) is 15.9. The van der Waals surface area contributed by atoms with Gasteiger partial charge in [0.2, 0.25) is 0 Å². The molecule has 0 aliphatic heterocycles. The molecule has 0 saturated heterocycles. The first-order valence-corrected chi connectivity index (χ1v) is 10.3. The molecule has 0 spiro atoms. The van der Waals surface area contributed by atoms with Crippen molar-refractivity contribution in [3.8, 4) is 5.75 Å². The summed E-state index contributed by atoms with van der Waals surface area (Å²) in [5.74, 6) is 0.536. The maximum atomic E-state index is 11.3. The van der Waals surface area contributed by atoms with Crippen LogP contribution < -0.4 is 15.4 Å². The quantitative estimate of drug-likeness (QED) is 0.475. The summed E-state index contributed by atoms with van der Waals surface area (Å²) in [6.07, 6.45) is 0.940. The van der Waals surface area contributed by atoms with E-state index in [1.807, 2.05) is 62.4 Å². The fourth-order valence-electron chi connectivity index (χ4n) is 2.96. The molecule has 0 radical (unpaired) electrons. The highest BCUT2D eigenvalue weighted by molar-refractivity contribution is 6.30. The lowest BCUT2D eigenvalue weighted by molar-refractivity contribution is -0.122. The van der Waals surface area contributed by atoms with Crippen molar-refractivity contribution < 1.29 is 19.7 Å². The van der Waals surface area contributed by atoms with Crippen molar-refractivity contribution in [3.63, 3.8) is 0 Å². The SMILES string of the molecule is CNC(=O)COc1ccc(CC(C)NCC(OC(C)C)c2cccc(Cl)c2)cc1.Cl.Cl.O. The zero-order valence-corrected chi connectivity index (χ0v) is 21.3. The molecule has 0 aliphatic rings. The van der Waals surface area contributed by atoms with Gasteiger partial charge in [-0.25, -0.2) is 0 Å². The average Bonchev–Trinajstić information content (AvgIpc) is 2.70. The van der Waals surface area contributed by atoms with Crippen LogP contribution in [0.1, 0.15) is 38.0 Å². The molecule has 4 N–H and O–H groups in total. The van der Waals surface area contributed by atoms with Gasteiger partial charge in [-0.2, -0.15) is 0 Å². The van der Waals surface area contributed by atoms with Crippen LogP contribution in [0.3, 0.4) is 0 Å². The van der Waals surface area contributed by atoms with Gasteiger partial charge in [0.25, 0.3) is 5.91 Å². The minimum absolute atomic E-state index is 0. The monoisotopic (exact) mass is 508 g/mol. The van der Waals surface area contributed by atoms with Crippen LogP contribution in [-0.2, 0) is 16.0 Å². The van der Waals surface area contributed by atoms with E-state index in [0.29, 0.717) is 17.3 Å². The van der Waals surface area contributed by atoms with Crippen LogP contribution in [-0.4, -0.2) is 43.7 Å². The third-order valence-corrected chi connectivity index (χ3v) is 4.66. The number of likely N-dealkylation sites (N-methyl/N-ethyl adjacent to an activating group) is 1. The van der Waals surface area contributed by atoms with Crippen LogP contribution in [0, 0.1) is 0 Å². The molecule has 182 valence electrons. The van der Waals surface area contributed by atoms with Crippen LogP contribution in [0.4, 0.5) is 0 Å². The van der Waals surface area contributed by atoms with E-state index in [4.69, 9.17) is 21.1 Å². The van der Waals surface area contributed by atoms with Crippen LogP contribution in [0.15, 0.2) is 48.5 Å². The summed E-state index contributed by atoms with van der Waals surface area (Å²) in [5.41, 5.74) is 2.27. The number of amides is 1. The largest absolute Gasteiger partial charge is 0.484 e. The van der Waals surface area contributed by atoms with Gasteiger partial charge in [0.15, 0.2) is 6.61 Å². The Morgan fingerprint density at radius 3 is 2.28 bits per heavy atom. The number of benzene rings is 2. The molecule has 2 aromatic rings. The van der Waals surface area contributed by atoms with E-state index in [2.05, 4.69) is 17.6 Å². The summed E-state index contributed by atoms with van der Waals surface area (Å²) >= 11 is 6.15. The van der Waals surface area contributed by atoms with Gasteiger partial charge in [0.05, 0.1) is 12.2 Å². The van der Waals surface area contributed by atoms with Gasteiger partial charge < -0.3 is 25.6 Å². The lowest BCUT2D eigenvalue weighted by Gasteiger charge is -2.24. The molecule has 32 heavy (non-hydrogen) atoms. The highest BCUT2D eigenvalue weighted by Gasteiger charge is 2.16. The Balaban J connectivity index is 0. The molecule has 2 unspecified atom stereocenters. The predicted molar refractivity (Wildman–Crippen MR) is 136 cm³/mol. The number of hydrogen-bond acceptors (Lipinski definition) is 4. The summed E-state index contributed by atoms with van der Waals surface area (Å²) in [6.45, 7) is 6.95. The molecule has 0 bridgehead atoms. The van der Waals surface area contributed by atoms with Crippen LogP contribution in [0.5, 0.6) is 5.75 Å². The van der Waals surface area contributed by atoms with Crippen molar-refractivity contribution in [3.05, 3.63) is 64.7 Å². The minimum atomic E-state index is -0.148. The topological polar surface area (TPSA) is 91.1 Å². The smallest absolute Gasteiger partial charge is 0.257 e. The molecule has 0 aromatic heterocycles. The molecule has 9 heteroatoms. The highest BCUT2D eigenvalue weighted by atomic mass is 35.5. The Hall–Kier alpha value is -1.54. The minimum Gasteiger partial charge on any atom is -0.484 e. The van der Waals surface area contributed by atoms with Gasteiger partial charge in [0, 0.05) is 24.7 Å². The zero-order valence-electron chi connectivity index (χ0n) is 18.9. The lowest BCUT2D eigenvalue weighted by atomic mass is 10.1. The molecule has 2 rings (SSSR count). The van der Waals surface area contributed by atoms with E-state index in [1.54, 1.807) is 7.05 Å². The Morgan fingerprint density at radius 1 is 1.06 bits per heavy atom. The Kier molecular flexibility index (Phi) is 17.3. The first-order chi connectivity index (χ1) is 13.9. The first-order valence-electron chi connectivity index (χ1n) is 9.94. The Morgan fingerprint density at radius 2 is 1.72 bits per heavy atom. The van der Waals surface area contributed by atoms with Crippen molar-refractivity contribution in [2.24, 2.45) is 0 Å². The fourth-order valence-corrected chi connectivity index (χ4v) is 3.16. The highest BCUT2D eigenvalue weighted by Crippen LogP contribution is 2.22. The van der Waals surface area contributed by atoms with Gasteiger partial charge in [-0.15, -0.1) is 24.8 Å². The number of ether oxygens (including phenoxy) is 2. The normalized spacial score (nSPS) is 11.9. The van der Waals surface area contributed by atoms with Crippen LogP contribution in [0.2, 0.25) is 5.02 Å². The number of carbonyl (C=O) groups is 1. The van der Waals surface area contributed by atoms with Gasteiger partial charge in [0.1, 0.15) is 5.75 Å². The number of nitrogens with one attached hydrogen (secondary N) is 2. The number of halogens is 3. The molecule has 0 heterocycles. The number of carbonyl (C=O) groups excluding carboxylic acids is 1. The second-order valence-electron chi connectivity index (χ2n) is 7.35. The number of rotatable bonds is 11. The van der Waals surface area contributed by atoms with E-state index in [9.17, 15) is 4.79 Å². The van der Waals surface area contributed by atoms with Crippen molar-refractivity contribution in [1.82, 2.24) is 10.6 Å². The second kappa shape index (κ2) is 17.0. The van der Waals surface area contributed by atoms with Crippen molar-refractivity contribution in [2.45, 2.75) is 45.4 Å². The maximum absolute atomic E-state index is 11.3. The predicted octanol–water partition coefficient (Wildman–Crippen LogP) is 4.17. The van der Waals surface area contributed by atoms with E-state index < -0.39 is 0 Å². The third kappa shape index (κ3) is 11.9. The number of hydrogen-bond donors (Lipinski definition) is 2. The molecule has 1 amide bonds. The standard InChI is InChI=1S/C23H31ClN2O3.2ClH.H2O/c1-16(2)29-22(19-6-5-7-20(24)13-19)14-26-17(3)12-18-8-10-21(11-9-18)28-15-23(27)25-4;;;/h5-11,13,16-17,22,26H,12,14-15H2,1-4H3,(H,25,27);2*1H;1H2. The molecule has 0 aliphatic carbocycles. The third-order valence-electron chi connectivity index (χ3n) is 4.42. The van der Waals surface area contributed by atoms with Gasteiger partial charge >= 0.3 is 0 Å². The second-order valence-corrected chi connectivity index (χ2v) is 7.78. The Bertz CT molecular complexity index is 776. The first kappa shape index (κ1) is 32.6. The molecule has 0 fully saturated rings. The van der Waals surface area contributed by atoms with Crippen LogP contribution in [0.25, 0.3) is 0 Å².